The average Bonchev–Trinajstić information content (AvgIpc) is 2.84. The van der Waals surface area contributed by atoms with Crippen LogP contribution in [0.1, 0.15) is 29.5 Å². The smallest absolute Gasteiger partial charge is 0.125 e. The van der Waals surface area contributed by atoms with E-state index >= 15 is 0 Å². The number of nitrogens with zero attached hydrogens (tertiary/aromatic N) is 3. The molecule has 0 saturated heterocycles. The normalized spacial score (nSPS) is 12.9. The lowest BCUT2D eigenvalue weighted by atomic mass is 10.3. The summed E-state index contributed by atoms with van der Waals surface area (Å²) >= 11 is 1.68. The molecule has 0 aliphatic rings. The molecule has 0 saturated carbocycles. The van der Waals surface area contributed by atoms with E-state index in [1.807, 2.05) is 30.9 Å². The first-order valence-corrected chi connectivity index (χ1v) is 6.16. The van der Waals surface area contributed by atoms with Gasteiger partial charge in [-0.05, 0) is 13.8 Å². The van der Waals surface area contributed by atoms with Crippen molar-refractivity contribution in [1.29, 1.82) is 0 Å². The third kappa shape index (κ3) is 2.48. The summed E-state index contributed by atoms with van der Waals surface area (Å²) in [6.45, 7) is 4.93. The van der Waals surface area contributed by atoms with Gasteiger partial charge in [-0.15, -0.1) is 11.3 Å². The Morgan fingerprint density at radius 2 is 2.38 bits per heavy atom. The summed E-state index contributed by atoms with van der Waals surface area (Å²) in [5.41, 5.74) is 1.10. The Hall–Kier alpha value is -1.20. The molecule has 86 valence electrons. The third-order valence-corrected chi connectivity index (χ3v) is 3.32. The van der Waals surface area contributed by atoms with E-state index in [2.05, 4.69) is 27.6 Å². The van der Waals surface area contributed by atoms with E-state index in [0.29, 0.717) is 0 Å². The number of hydrogen-bond acceptors (Lipinski definition) is 4. The zero-order valence-corrected chi connectivity index (χ0v) is 10.6. The molecule has 0 aliphatic heterocycles. The SMILES string of the molecule is Cc1nc(CNC(C)c2nccn2C)cs1. The highest BCUT2D eigenvalue weighted by atomic mass is 32.1. The van der Waals surface area contributed by atoms with E-state index in [-0.39, 0.29) is 6.04 Å². The van der Waals surface area contributed by atoms with Gasteiger partial charge >= 0.3 is 0 Å². The van der Waals surface area contributed by atoms with Gasteiger partial charge in [-0.3, -0.25) is 0 Å². The molecule has 0 aliphatic carbocycles. The van der Waals surface area contributed by atoms with E-state index in [1.54, 1.807) is 11.3 Å². The molecule has 4 nitrogen and oxygen atoms in total. The first-order chi connectivity index (χ1) is 7.66. The van der Waals surface area contributed by atoms with Crippen LogP contribution in [0.3, 0.4) is 0 Å². The van der Waals surface area contributed by atoms with Crippen LogP contribution in [0.15, 0.2) is 17.8 Å². The highest BCUT2D eigenvalue weighted by Gasteiger charge is 2.09. The van der Waals surface area contributed by atoms with Gasteiger partial charge in [0.2, 0.25) is 0 Å². The van der Waals surface area contributed by atoms with Crippen molar-refractivity contribution in [3.05, 3.63) is 34.3 Å². The molecule has 2 aromatic rings. The summed E-state index contributed by atoms with van der Waals surface area (Å²) in [4.78, 5) is 8.73. The predicted octanol–water partition coefficient (Wildman–Crippen LogP) is 2.04. The fourth-order valence-electron chi connectivity index (χ4n) is 1.63. The number of aromatic nitrogens is 3. The summed E-state index contributed by atoms with van der Waals surface area (Å²) < 4.78 is 2.03. The molecule has 1 N–H and O–H groups in total. The Morgan fingerprint density at radius 3 is 2.94 bits per heavy atom. The minimum Gasteiger partial charge on any atom is -0.337 e. The maximum absolute atomic E-state index is 4.42. The second-order valence-electron chi connectivity index (χ2n) is 3.86. The second kappa shape index (κ2) is 4.76. The van der Waals surface area contributed by atoms with Crippen molar-refractivity contribution < 1.29 is 0 Å². The fourth-order valence-corrected chi connectivity index (χ4v) is 2.25. The quantitative estimate of drug-likeness (QED) is 0.883. The van der Waals surface area contributed by atoms with E-state index < -0.39 is 0 Å². The van der Waals surface area contributed by atoms with Crippen LogP contribution < -0.4 is 5.32 Å². The van der Waals surface area contributed by atoms with Crippen molar-refractivity contribution in [2.45, 2.75) is 26.4 Å². The summed E-state index contributed by atoms with van der Waals surface area (Å²) in [5.74, 6) is 1.05. The Morgan fingerprint density at radius 1 is 1.56 bits per heavy atom. The Labute approximate surface area is 99.4 Å². The zero-order valence-electron chi connectivity index (χ0n) is 9.77. The second-order valence-corrected chi connectivity index (χ2v) is 4.92. The number of thiazole rings is 1. The van der Waals surface area contributed by atoms with Crippen molar-refractivity contribution >= 4 is 11.3 Å². The number of imidazole rings is 1. The largest absolute Gasteiger partial charge is 0.337 e. The standard InChI is InChI=1S/C11H16N4S/c1-8(11-12-4-5-15(11)3)13-6-10-7-16-9(2)14-10/h4-5,7-8,13H,6H2,1-3H3. The lowest BCUT2D eigenvalue weighted by molar-refractivity contribution is 0.526. The Balaban J connectivity index is 1.93. The number of aryl methyl sites for hydroxylation is 2. The van der Waals surface area contributed by atoms with Crippen LogP contribution in [0.4, 0.5) is 0 Å². The van der Waals surface area contributed by atoms with Crippen LogP contribution in [0.25, 0.3) is 0 Å². The molecule has 0 spiro atoms. The molecule has 16 heavy (non-hydrogen) atoms. The minimum absolute atomic E-state index is 0.238. The highest BCUT2D eigenvalue weighted by Crippen LogP contribution is 2.11. The fraction of sp³-hybridized carbons (Fsp3) is 0.455. The van der Waals surface area contributed by atoms with Crippen LogP contribution in [0, 0.1) is 6.92 Å². The molecule has 5 heteroatoms. The Kier molecular flexibility index (Phi) is 3.36. The van der Waals surface area contributed by atoms with Crippen molar-refractivity contribution in [2.24, 2.45) is 7.05 Å². The van der Waals surface area contributed by atoms with Crippen molar-refractivity contribution in [2.75, 3.05) is 0 Å². The highest BCUT2D eigenvalue weighted by molar-refractivity contribution is 7.09. The molecule has 0 amide bonds. The molecule has 0 aromatic carbocycles. The van der Waals surface area contributed by atoms with Crippen LogP contribution in [-0.2, 0) is 13.6 Å². The molecule has 2 aromatic heterocycles. The van der Waals surface area contributed by atoms with Crippen LogP contribution in [-0.4, -0.2) is 14.5 Å². The summed E-state index contributed by atoms with van der Waals surface area (Å²) in [6.07, 6.45) is 3.78. The number of nitrogens with one attached hydrogen (secondary N) is 1. The van der Waals surface area contributed by atoms with E-state index in [9.17, 15) is 0 Å². The molecule has 0 radical (unpaired) electrons. The number of hydrogen-bond donors (Lipinski definition) is 1. The molecule has 1 unspecified atom stereocenters. The van der Waals surface area contributed by atoms with Crippen molar-refractivity contribution in [3.8, 4) is 0 Å². The van der Waals surface area contributed by atoms with Crippen LogP contribution in [0.2, 0.25) is 0 Å². The lowest BCUT2D eigenvalue weighted by Crippen LogP contribution is -2.21. The zero-order chi connectivity index (χ0) is 11.5. The molecule has 0 bridgehead atoms. The monoisotopic (exact) mass is 236 g/mol. The van der Waals surface area contributed by atoms with E-state index in [4.69, 9.17) is 0 Å². The van der Waals surface area contributed by atoms with Gasteiger partial charge in [-0.25, -0.2) is 9.97 Å². The topological polar surface area (TPSA) is 42.7 Å². The van der Waals surface area contributed by atoms with Gasteiger partial charge in [0, 0.05) is 31.4 Å². The molecule has 2 heterocycles. The van der Waals surface area contributed by atoms with Gasteiger partial charge in [0.1, 0.15) is 5.82 Å². The minimum atomic E-state index is 0.238. The van der Waals surface area contributed by atoms with Gasteiger partial charge in [0.05, 0.1) is 16.7 Å². The summed E-state index contributed by atoms with van der Waals surface area (Å²) in [6, 6.07) is 0.238. The lowest BCUT2D eigenvalue weighted by Gasteiger charge is -2.12. The molecule has 2 rings (SSSR count). The van der Waals surface area contributed by atoms with Gasteiger partial charge in [-0.1, -0.05) is 0 Å². The predicted molar refractivity (Wildman–Crippen MR) is 65.3 cm³/mol. The summed E-state index contributed by atoms with van der Waals surface area (Å²) in [7, 11) is 2.01. The first-order valence-electron chi connectivity index (χ1n) is 5.28. The third-order valence-electron chi connectivity index (χ3n) is 2.50. The maximum atomic E-state index is 4.42. The molecule has 0 fully saturated rings. The van der Waals surface area contributed by atoms with E-state index in [1.165, 1.54) is 0 Å². The van der Waals surface area contributed by atoms with Crippen molar-refractivity contribution in [1.82, 2.24) is 19.9 Å². The molecular weight excluding hydrogens is 220 g/mol. The van der Waals surface area contributed by atoms with Gasteiger partial charge in [0.15, 0.2) is 0 Å². The molecular formula is C11H16N4S. The Bertz CT molecular complexity index is 460. The van der Waals surface area contributed by atoms with E-state index in [0.717, 1.165) is 23.1 Å². The number of rotatable bonds is 4. The van der Waals surface area contributed by atoms with Crippen molar-refractivity contribution in [3.63, 3.8) is 0 Å². The summed E-state index contributed by atoms with van der Waals surface area (Å²) in [5, 5.41) is 6.62. The van der Waals surface area contributed by atoms with Crippen LogP contribution in [0.5, 0.6) is 0 Å². The maximum Gasteiger partial charge on any atom is 0.125 e. The van der Waals surface area contributed by atoms with Gasteiger partial charge < -0.3 is 9.88 Å². The first kappa shape index (κ1) is 11.3. The average molecular weight is 236 g/mol. The van der Waals surface area contributed by atoms with Crippen LogP contribution >= 0.6 is 11.3 Å². The van der Waals surface area contributed by atoms with Gasteiger partial charge in [-0.2, -0.15) is 0 Å². The van der Waals surface area contributed by atoms with Gasteiger partial charge in [0.25, 0.3) is 0 Å². The molecule has 1 atom stereocenters.